The number of amides is 1. The molecule has 1 heterocycles. The number of carbonyl (C=O) groups excluding carboxylic acids is 1. The number of benzene rings is 1. The molecule has 1 saturated carbocycles. The van der Waals surface area contributed by atoms with Crippen LogP contribution in [0.1, 0.15) is 28.8 Å². The van der Waals surface area contributed by atoms with Crippen molar-refractivity contribution in [3.8, 4) is 0 Å². The van der Waals surface area contributed by atoms with Crippen LogP contribution in [0.5, 0.6) is 0 Å². The monoisotopic (exact) mass is 302 g/mol. The number of likely N-dealkylation sites (tertiary alicyclic amines) is 1. The van der Waals surface area contributed by atoms with Crippen molar-refractivity contribution in [2.75, 3.05) is 34.2 Å². The lowest BCUT2D eigenvalue weighted by Gasteiger charge is -2.35. The summed E-state index contributed by atoms with van der Waals surface area (Å²) in [5, 5.41) is 0. The molecule has 120 valence electrons. The summed E-state index contributed by atoms with van der Waals surface area (Å²) in [4.78, 5) is 16.1. The summed E-state index contributed by atoms with van der Waals surface area (Å²) in [5.74, 6) is 1.40. The van der Waals surface area contributed by atoms with Crippen LogP contribution in [0.25, 0.3) is 0 Å². The molecular weight excluding hydrogens is 276 g/mol. The lowest BCUT2D eigenvalue weighted by Crippen LogP contribution is -2.43. The number of rotatable bonds is 4. The van der Waals surface area contributed by atoms with E-state index in [9.17, 15) is 4.79 Å². The molecule has 1 saturated heterocycles. The average molecular weight is 302 g/mol. The Morgan fingerprint density at radius 3 is 2.59 bits per heavy atom. The first-order chi connectivity index (χ1) is 10.5. The van der Waals surface area contributed by atoms with Gasteiger partial charge in [0, 0.05) is 32.7 Å². The van der Waals surface area contributed by atoms with Crippen molar-refractivity contribution in [3.05, 3.63) is 35.4 Å². The van der Waals surface area contributed by atoms with E-state index in [2.05, 4.69) is 11.9 Å². The molecular formula is C18H26N2O2. The molecule has 0 N–H and O–H groups in total. The maximum absolute atomic E-state index is 12.0. The molecule has 3 rings (SSSR count). The van der Waals surface area contributed by atoms with Crippen molar-refractivity contribution in [2.24, 2.45) is 11.8 Å². The third-order valence-electron chi connectivity index (χ3n) is 4.95. The quantitative estimate of drug-likeness (QED) is 0.855. The number of fused-ring (bicyclic) bond motifs is 2. The van der Waals surface area contributed by atoms with E-state index in [-0.39, 0.29) is 5.91 Å². The fourth-order valence-corrected chi connectivity index (χ4v) is 3.92. The lowest BCUT2D eigenvalue weighted by atomic mass is 9.95. The average Bonchev–Trinajstić information content (AvgIpc) is 2.74. The van der Waals surface area contributed by atoms with Gasteiger partial charge in [-0.25, -0.2) is 0 Å². The van der Waals surface area contributed by atoms with E-state index in [1.807, 2.05) is 24.3 Å². The van der Waals surface area contributed by atoms with Crippen molar-refractivity contribution in [1.82, 2.24) is 9.80 Å². The van der Waals surface area contributed by atoms with E-state index >= 15 is 0 Å². The van der Waals surface area contributed by atoms with Gasteiger partial charge in [-0.2, -0.15) is 0 Å². The van der Waals surface area contributed by atoms with E-state index in [4.69, 9.17) is 4.74 Å². The zero-order valence-electron chi connectivity index (χ0n) is 13.8. The molecule has 1 aliphatic heterocycles. The lowest BCUT2D eigenvalue weighted by molar-refractivity contribution is -0.0460. The number of hydrogen-bond donors (Lipinski definition) is 0. The van der Waals surface area contributed by atoms with Crippen LogP contribution in [0.15, 0.2) is 24.3 Å². The predicted molar refractivity (Wildman–Crippen MR) is 86.7 cm³/mol. The van der Waals surface area contributed by atoms with Crippen molar-refractivity contribution in [3.63, 3.8) is 0 Å². The maximum atomic E-state index is 12.0. The first-order valence-electron chi connectivity index (χ1n) is 8.15. The molecule has 4 heteroatoms. The van der Waals surface area contributed by atoms with Gasteiger partial charge in [-0.15, -0.1) is 0 Å². The largest absolute Gasteiger partial charge is 0.373 e. The summed E-state index contributed by atoms with van der Waals surface area (Å²) in [6, 6.07) is 7.81. The van der Waals surface area contributed by atoms with Gasteiger partial charge in [-0.1, -0.05) is 12.1 Å². The van der Waals surface area contributed by atoms with Crippen LogP contribution in [-0.2, 0) is 11.3 Å². The normalized spacial score (nSPS) is 27.9. The highest BCUT2D eigenvalue weighted by Crippen LogP contribution is 2.38. The number of ether oxygens (including phenoxy) is 1. The van der Waals surface area contributed by atoms with Gasteiger partial charge in [-0.05, 0) is 49.4 Å². The Morgan fingerprint density at radius 1 is 1.27 bits per heavy atom. The second-order valence-electron chi connectivity index (χ2n) is 6.99. The van der Waals surface area contributed by atoms with Gasteiger partial charge in [0.2, 0.25) is 0 Å². The Bertz CT molecular complexity index is 530. The third-order valence-corrected chi connectivity index (χ3v) is 4.95. The molecule has 1 aromatic carbocycles. The first-order valence-corrected chi connectivity index (χ1v) is 8.15. The zero-order valence-corrected chi connectivity index (χ0v) is 13.8. The summed E-state index contributed by atoms with van der Waals surface area (Å²) < 4.78 is 6.25. The van der Waals surface area contributed by atoms with Crippen molar-refractivity contribution < 1.29 is 9.53 Å². The fraction of sp³-hybridized carbons (Fsp3) is 0.611. The smallest absolute Gasteiger partial charge is 0.253 e. The predicted octanol–water partition coefficient (Wildman–Crippen LogP) is 2.25. The van der Waals surface area contributed by atoms with Crippen LogP contribution in [-0.4, -0.2) is 56.0 Å². The molecule has 2 bridgehead atoms. The van der Waals surface area contributed by atoms with E-state index in [0.29, 0.717) is 24.5 Å². The molecule has 0 radical (unpaired) electrons. The number of nitrogens with zero attached hydrogens (tertiary/aromatic N) is 2. The summed E-state index contributed by atoms with van der Waals surface area (Å²) in [6.07, 6.45) is 2.97. The van der Waals surface area contributed by atoms with Crippen LogP contribution in [0, 0.1) is 11.8 Å². The second kappa shape index (κ2) is 6.39. The van der Waals surface area contributed by atoms with Crippen LogP contribution in [0.4, 0.5) is 0 Å². The molecule has 0 aromatic heterocycles. The molecule has 1 aromatic rings. The summed E-state index contributed by atoms with van der Waals surface area (Å²) >= 11 is 0. The highest BCUT2D eigenvalue weighted by Gasteiger charge is 2.41. The van der Waals surface area contributed by atoms with E-state index in [1.165, 1.54) is 12.8 Å². The van der Waals surface area contributed by atoms with Crippen LogP contribution >= 0.6 is 0 Å². The van der Waals surface area contributed by atoms with Gasteiger partial charge in [0.05, 0.1) is 12.7 Å². The molecule has 0 spiro atoms. The summed E-state index contributed by atoms with van der Waals surface area (Å²) in [7, 11) is 5.77. The Hall–Kier alpha value is -1.39. The summed E-state index contributed by atoms with van der Waals surface area (Å²) in [6.45, 7) is 2.91. The molecule has 2 aliphatic rings. The Kier molecular flexibility index (Phi) is 4.50. The minimum Gasteiger partial charge on any atom is -0.373 e. The van der Waals surface area contributed by atoms with Crippen LogP contribution in [0.2, 0.25) is 0 Å². The topological polar surface area (TPSA) is 32.8 Å². The third kappa shape index (κ3) is 3.18. The van der Waals surface area contributed by atoms with Gasteiger partial charge < -0.3 is 14.5 Å². The SMILES string of the molecule is CN1C[C@H]2CC[C@@H](C1)C2OCc1cccc(C(=O)N(C)C)c1. The van der Waals surface area contributed by atoms with Crippen molar-refractivity contribution in [2.45, 2.75) is 25.6 Å². The molecule has 22 heavy (non-hydrogen) atoms. The van der Waals surface area contributed by atoms with E-state index in [1.54, 1.807) is 19.0 Å². The number of carbonyl (C=O) groups is 1. The van der Waals surface area contributed by atoms with Crippen LogP contribution < -0.4 is 0 Å². The van der Waals surface area contributed by atoms with Gasteiger partial charge in [0.25, 0.3) is 5.91 Å². The zero-order chi connectivity index (χ0) is 15.7. The standard InChI is InChI=1S/C18H26N2O2/c1-19(2)18(21)14-6-4-5-13(9-14)12-22-17-15-7-8-16(17)11-20(3)10-15/h4-6,9,15-17H,7-8,10-12H2,1-3H3/t15-,16+,17?. The molecule has 3 atom stereocenters. The highest BCUT2D eigenvalue weighted by atomic mass is 16.5. The van der Waals surface area contributed by atoms with E-state index < -0.39 is 0 Å². The Balaban J connectivity index is 1.63. The van der Waals surface area contributed by atoms with Gasteiger partial charge in [0.15, 0.2) is 0 Å². The Morgan fingerprint density at radius 2 is 1.95 bits per heavy atom. The second-order valence-corrected chi connectivity index (χ2v) is 6.99. The minimum atomic E-state index is 0.0428. The Labute approximate surface area is 133 Å². The van der Waals surface area contributed by atoms with E-state index in [0.717, 1.165) is 24.2 Å². The fourth-order valence-electron chi connectivity index (χ4n) is 3.92. The van der Waals surface area contributed by atoms with Gasteiger partial charge >= 0.3 is 0 Å². The molecule has 2 fully saturated rings. The number of hydrogen-bond acceptors (Lipinski definition) is 3. The van der Waals surface area contributed by atoms with Crippen molar-refractivity contribution >= 4 is 5.91 Å². The van der Waals surface area contributed by atoms with Crippen LogP contribution in [0.3, 0.4) is 0 Å². The molecule has 1 amide bonds. The van der Waals surface area contributed by atoms with Crippen molar-refractivity contribution in [1.29, 1.82) is 0 Å². The maximum Gasteiger partial charge on any atom is 0.253 e. The van der Waals surface area contributed by atoms with Gasteiger partial charge in [-0.3, -0.25) is 4.79 Å². The molecule has 4 nitrogen and oxygen atoms in total. The number of piperidine rings is 1. The molecule has 1 unspecified atom stereocenters. The van der Waals surface area contributed by atoms with Gasteiger partial charge in [0.1, 0.15) is 0 Å². The summed E-state index contributed by atoms with van der Waals surface area (Å²) in [5.41, 5.74) is 1.82. The first kappa shape index (κ1) is 15.5. The minimum absolute atomic E-state index is 0.0428. The molecule has 1 aliphatic carbocycles. The highest BCUT2D eigenvalue weighted by molar-refractivity contribution is 5.94.